The van der Waals surface area contributed by atoms with Gasteiger partial charge in [-0.2, -0.15) is 0 Å². The van der Waals surface area contributed by atoms with Gasteiger partial charge in [0, 0.05) is 24.6 Å². The molecule has 0 aliphatic heterocycles. The molecule has 26 heavy (non-hydrogen) atoms. The lowest BCUT2D eigenvalue weighted by Crippen LogP contribution is -2.41. The van der Waals surface area contributed by atoms with Crippen LogP contribution in [-0.2, 0) is 6.54 Å². The molecule has 0 spiro atoms. The Bertz CT molecular complexity index is 578. The van der Waals surface area contributed by atoms with Crippen LogP contribution in [0.25, 0.3) is 0 Å². The third kappa shape index (κ3) is 6.61. The van der Waals surface area contributed by atoms with Crippen LogP contribution in [0.5, 0.6) is 5.75 Å². The molecule has 2 aliphatic rings. The van der Waals surface area contributed by atoms with E-state index in [-0.39, 0.29) is 30.1 Å². The fourth-order valence-corrected chi connectivity index (χ4v) is 3.26. The molecule has 0 amide bonds. The maximum absolute atomic E-state index is 9.97. The molecule has 1 aromatic rings. The fourth-order valence-electron chi connectivity index (χ4n) is 3.26. The summed E-state index contributed by atoms with van der Waals surface area (Å²) in [5.41, 5.74) is 1.11. The number of para-hydroxylation sites is 1. The number of ether oxygens (including phenoxy) is 1. The van der Waals surface area contributed by atoms with Crippen molar-refractivity contribution in [2.24, 2.45) is 16.8 Å². The van der Waals surface area contributed by atoms with E-state index in [1.807, 2.05) is 18.2 Å². The molecule has 5 nitrogen and oxygen atoms in total. The average Bonchev–Trinajstić information content (AvgIpc) is 3.37. The van der Waals surface area contributed by atoms with Crippen molar-refractivity contribution in [2.75, 3.05) is 19.7 Å². The number of nitrogens with zero attached hydrogens (tertiary/aromatic N) is 1. The third-order valence-electron chi connectivity index (χ3n) is 5.05. The Balaban J connectivity index is 0.00000243. The van der Waals surface area contributed by atoms with E-state index in [0.717, 1.165) is 62.1 Å². The molecule has 1 aromatic carbocycles. The lowest BCUT2D eigenvalue weighted by Gasteiger charge is -2.18. The summed E-state index contributed by atoms with van der Waals surface area (Å²) in [4.78, 5) is 4.71. The number of rotatable bonds is 8. The van der Waals surface area contributed by atoms with Crippen LogP contribution < -0.4 is 15.4 Å². The van der Waals surface area contributed by atoms with Crippen molar-refractivity contribution in [3.63, 3.8) is 0 Å². The highest BCUT2D eigenvalue weighted by Crippen LogP contribution is 2.30. The summed E-state index contributed by atoms with van der Waals surface area (Å²) in [6.07, 6.45) is 5.54. The first kappa shape index (κ1) is 21.3. The molecular weight excluding hydrogens is 441 g/mol. The normalized spacial score (nSPS) is 22.6. The molecule has 3 N–H and O–H groups in total. The van der Waals surface area contributed by atoms with Crippen molar-refractivity contribution in [3.05, 3.63) is 29.8 Å². The molecule has 2 atom stereocenters. The zero-order valence-electron chi connectivity index (χ0n) is 15.6. The fraction of sp³-hybridized carbons (Fsp3) is 0.650. The highest BCUT2D eigenvalue weighted by molar-refractivity contribution is 14.0. The molecule has 0 heterocycles. The van der Waals surface area contributed by atoms with E-state index >= 15 is 0 Å². The third-order valence-corrected chi connectivity index (χ3v) is 5.05. The van der Waals surface area contributed by atoms with Gasteiger partial charge < -0.3 is 20.5 Å². The monoisotopic (exact) mass is 473 g/mol. The van der Waals surface area contributed by atoms with Crippen LogP contribution in [0, 0.1) is 11.8 Å². The molecule has 2 unspecified atom stereocenters. The van der Waals surface area contributed by atoms with Crippen molar-refractivity contribution in [2.45, 2.75) is 51.7 Å². The van der Waals surface area contributed by atoms with E-state index in [1.54, 1.807) is 0 Å². The van der Waals surface area contributed by atoms with Gasteiger partial charge in [0.25, 0.3) is 0 Å². The minimum absolute atomic E-state index is 0. The maximum atomic E-state index is 9.97. The summed E-state index contributed by atoms with van der Waals surface area (Å²) in [7, 11) is 0. The second kappa shape index (κ2) is 11.0. The van der Waals surface area contributed by atoms with Crippen molar-refractivity contribution >= 4 is 29.9 Å². The molecule has 2 fully saturated rings. The van der Waals surface area contributed by atoms with Gasteiger partial charge in [-0.15, -0.1) is 24.0 Å². The van der Waals surface area contributed by atoms with Gasteiger partial charge >= 0.3 is 0 Å². The molecule has 146 valence electrons. The molecular formula is C20H32IN3O2. The van der Waals surface area contributed by atoms with E-state index in [4.69, 9.17) is 9.73 Å². The Morgan fingerprint density at radius 2 is 2.00 bits per heavy atom. The van der Waals surface area contributed by atoms with Crippen LogP contribution in [0.2, 0.25) is 0 Å². The predicted molar refractivity (Wildman–Crippen MR) is 116 cm³/mol. The van der Waals surface area contributed by atoms with Crippen LogP contribution in [0.3, 0.4) is 0 Å². The molecule has 6 heteroatoms. The number of aliphatic hydroxyl groups excluding tert-OH is 1. The van der Waals surface area contributed by atoms with Gasteiger partial charge in [0.2, 0.25) is 0 Å². The first-order chi connectivity index (χ1) is 12.3. The molecule has 0 saturated heterocycles. The Morgan fingerprint density at radius 1 is 1.19 bits per heavy atom. The largest absolute Gasteiger partial charge is 0.493 e. The minimum Gasteiger partial charge on any atom is -0.493 e. The van der Waals surface area contributed by atoms with Gasteiger partial charge in [0.15, 0.2) is 5.96 Å². The number of hydrogen-bond acceptors (Lipinski definition) is 3. The van der Waals surface area contributed by atoms with E-state index in [9.17, 15) is 5.11 Å². The second-order valence-corrected chi connectivity index (χ2v) is 7.20. The minimum atomic E-state index is -0.174. The Morgan fingerprint density at radius 3 is 2.69 bits per heavy atom. The van der Waals surface area contributed by atoms with Gasteiger partial charge in [-0.05, 0) is 44.6 Å². The van der Waals surface area contributed by atoms with Crippen LogP contribution in [0.4, 0.5) is 0 Å². The summed E-state index contributed by atoms with van der Waals surface area (Å²) >= 11 is 0. The number of benzene rings is 1. The number of hydrogen-bond donors (Lipinski definition) is 3. The summed E-state index contributed by atoms with van der Waals surface area (Å²) < 4.78 is 5.97. The molecule has 0 aromatic heterocycles. The zero-order valence-corrected chi connectivity index (χ0v) is 17.9. The highest BCUT2D eigenvalue weighted by Gasteiger charge is 2.25. The lowest BCUT2D eigenvalue weighted by molar-refractivity contribution is 0.134. The highest BCUT2D eigenvalue weighted by atomic mass is 127. The maximum Gasteiger partial charge on any atom is 0.191 e. The van der Waals surface area contributed by atoms with E-state index in [1.165, 1.54) is 12.8 Å². The number of aliphatic imine (C=N–C) groups is 1. The van der Waals surface area contributed by atoms with E-state index in [0.29, 0.717) is 12.5 Å². The second-order valence-electron chi connectivity index (χ2n) is 7.20. The number of guanidine groups is 1. The van der Waals surface area contributed by atoms with E-state index < -0.39 is 0 Å². The van der Waals surface area contributed by atoms with Gasteiger partial charge in [-0.1, -0.05) is 24.6 Å². The number of halogens is 1. The van der Waals surface area contributed by atoms with Gasteiger partial charge in [0.05, 0.1) is 19.3 Å². The lowest BCUT2D eigenvalue weighted by atomic mass is 10.1. The molecule has 2 aliphatic carbocycles. The van der Waals surface area contributed by atoms with Crippen LogP contribution in [0.15, 0.2) is 29.3 Å². The van der Waals surface area contributed by atoms with Crippen LogP contribution in [0.1, 0.15) is 44.6 Å². The van der Waals surface area contributed by atoms with Crippen molar-refractivity contribution in [1.82, 2.24) is 10.6 Å². The predicted octanol–water partition coefficient (Wildman–Crippen LogP) is 3.31. The summed E-state index contributed by atoms with van der Waals surface area (Å²) in [5, 5.41) is 16.6. The van der Waals surface area contributed by atoms with Gasteiger partial charge in [-0.25, -0.2) is 4.99 Å². The number of nitrogens with one attached hydrogen (secondary N) is 2. The Kier molecular flexibility index (Phi) is 8.98. The summed E-state index contributed by atoms with van der Waals surface area (Å²) in [5.74, 6) is 2.82. The molecule has 3 rings (SSSR count). The Labute approximate surface area is 174 Å². The standard InChI is InChI=1S/C20H31N3O2.HI/c1-2-21-20(22-12-16-7-5-8-18(16)24)23-13-17-6-3-4-9-19(17)25-14-15-10-11-15;/h3-4,6,9,15-16,18,24H,2,5,7-8,10-14H2,1H3,(H2,21,22,23);1H. The van der Waals surface area contributed by atoms with Crippen molar-refractivity contribution in [1.29, 1.82) is 0 Å². The first-order valence-electron chi connectivity index (χ1n) is 9.67. The van der Waals surface area contributed by atoms with Crippen molar-refractivity contribution in [3.8, 4) is 5.75 Å². The van der Waals surface area contributed by atoms with Crippen LogP contribution in [-0.4, -0.2) is 36.9 Å². The number of aliphatic hydroxyl groups is 1. The van der Waals surface area contributed by atoms with Crippen molar-refractivity contribution < 1.29 is 9.84 Å². The molecule has 0 bridgehead atoms. The van der Waals surface area contributed by atoms with Gasteiger partial charge in [-0.3, -0.25) is 0 Å². The first-order valence-corrected chi connectivity index (χ1v) is 9.67. The van der Waals surface area contributed by atoms with Gasteiger partial charge in [0.1, 0.15) is 5.75 Å². The smallest absolute Gasteiger partial charge is 0.191 e. The quantitative estimate of drug-likeness (QED) is 0.308. The summed E-state index contributed by atoms with van der Waals surface area (Å²) in [6.45, 7) is 5.06. The van der Waals surface area contributed by atoms with E-state index in [2.05, 4.69) is 23.6 Å². The van der Waals surface area contributed by atoms with Crippen LogP contribution >= 0.6 is 24.0 Å². The SMILES string of the molecule is CCNC(=NCc1ccccc1OCC1CC1)NCC1CCCC1O.I. The zero-order chi connectivity index (χ0) is 17.5. The topological polar surface area (TPSA) is 65.9 Å². The molecule has 2 saturated carbocycles. The average molecular weight is 473 g/mol. The summed E-state index contributed by atoms with van der Waals surface area (Å²) in [6, 6.07) is 8.16. The molecule has 0 radical (unpaired) electrons. The Hall–Kier alpha value is -1.02.